The minimum absolute atomic E-state index is 0.266. The number of hydrogen-bond donors (Lipinski definition) is 2. The molecule has 2 aromatic heterocycles. The molecule has 1 aliphatic rings. The van der Waals surface area contributed by atoms with Gasteiger partial charge in [0.05, 0.1) is 11.3 Å². The van der Waals surface area contributed by atoms with Crippen molar-refractivity contribution >= 4 is 39.9 Å². The fourth-order valence-electron chi connectivity index (χ4n) is 3.19. The average molecular weight is 470 g/mol. The van der Waals surface area contributed by atoms with Crippen LogP contribution in [-0.4, -0.2) is 46.3 Å². The first kappa shape index (κ1) is 21.4. The topological polar surface area (TPSA) is 104 Å². The van der Waals surface area contributed by atoms with Crippen LogP contribution in [0.2, 0.25) is 0 Å². The summed E-state index contributed by atoms with van der Waals surface area (Å²) >= 11 is 2.65. The molecule has 1 aliphatic heterocycles. The zero-order valence-corrected chi connectivity index (χ0v) is 17.7. The molecule has 164 valence electrons. The third kappa shape index (κ3) is 5.28. The summed E-state index contributed by atoms with van der Waals surface area (Å²) in [6, 6.07) is 6.74. The Bertz CT molecular complexity index is 1110. The molecule has 3 N–H and O–H groups in total. The van der Waals surface area contributed by atoms with Crippen LogP contribution in [0.1, 0.15) is 11.3 Å². The predicted molar refractivity (Wildman–Crippen MR) is 115 cm³/mol. The second kappa shape index (κ2) is 8.75. The minimum atomic E-state index is -4.37. The van der Waals surface area contributed by atoms with E-state index in [1.807, 2.05) is 9.80 Å². The van der Waals surface area contributed by atoms with Gasteiger partial charge in [-0.25, -0.2) is 4.98 Å². The maximum atomic E-state index is 13.0. The molecule has 0 aliphatic carbocycles. The van der Waals surface area contributed by atoms with Gasteiger partial charge in [0, 0.05) is 43.7 Å². The van der Waals surface area contributed by atoms with Crippen LogP contribution in [0.5, 0.6) is 0 Å². The van der Waals surface area contributed by atoms with Crippen LogP contribution < -0.4 is 21.1 Å². The van der Waals surface area contributed by atoms with Gasteiger partial charge in [0.1, 0.15) is 0 Å². The third-order valence-corrected chi connectivity index (χ3v) is 6.58. The Labute approximate surface area is 183 Å². The summed E-state index contributed by atoms with van der Waals surface area (Å²) in [5.74, 6) is 0.888. The van der Waals surface area contributed by atoms with E-state index in [1.165, 1.54) is 35.2 Å². The minimum Gasteiger partial charge on any atom is -0.374 e. The number of nitrogens with one attached hydrogen (secondary N) is 1. The van der Waals surface area contributed by atoms with Gasteiger partial charge in [-0.05, 0) is 18.2 Å². The molecule has 1 saturated heterocycles. The largest absolute Gasteiger partial charge is 0.416 e. The van der Waals surface area contributed by atoms with Crippen molar-refractivity contribution in [2.75, 3.05) is 41.7 Å². The molecular formula is C18H18F3N7OS2. The highest BCUT2D eigenvalue weighted by Gasteiger charge is 2.31. The Morgan fingerprint density at radius 2 is 1.87 bits per heavy atom. The van der Waals surface area contributed by atoms with Crippen molar-refractivity contribution in [3.63, 3.8) is 0 Å². The number of piperazine rings is 1. The van der Waals surface area contributed by atoms with Crippen molar-refractivity contribution in [3.05, 3.63) is 51.9 Å². The Balaban J connectivity index is 1.41. The number of nitrogen functional groups attached to an aromatic ring is 1. The van der Waals surface area contributed by atoms with Crippen LogP contribution in [0.4, 0.5) is 29.9 Å². The van der Waals surface area contributed by atoms with Gasteiger partial charge in [0.2, 0.25) is 11.1 Å². The monoisotopic (exact) mass is 469 g/mol. The van der Waals surface area contributed by atoms with Crippen molar-refractivity contribution in [2.24, 2.45) is 0 Å². The molecule has 8 nitrogen and oxygen atoms in total. The van der Waals surface area contributed by atoms with E-state index in [4.69, 9.17) is 5.73 Å². The molecule has 1 aromatic carbocycles. The predicted octanol–water partition coefficient (Wildman–Crippen LogP) is 2.84. The van der Waals surface area contributed by atoms with Crippen molar-refractivity contribution in [1.29, 1.82) is 0 Å². The zero-order chi connectivity index (χ0) is 22.0. The van der Waals surface area contributed by atoms with Crippen molar-refractivity contribution < 1.29 is 13.2 Å². The first-order valence-electron chi connectivity index (χ1n) is 9.27. The molecule has 0 atom stereocenters. The Kier molecular flexibility index (Phi) is 6.05. The summed E-state index contributed by atoms with van der Waals surface area (Å²) in [6.45, 7) is 2.05. The molecule has 13 heteroatoms. The highest BCUT2D eigenvalue weighted by Crippen LogP contribution is 2.32. The summed E-state index contributed by atoms with van der Waals surface area (Å²) in [6.07, 6.45) is -4.37. The Morgan fingerprint density at radius 3 is 2.55 bits per heavy atom. The van der Waals surface area contributed by atoms with Gasteiger partial charge in [-0.15, -0.1) is 10.2 Å². The molecule has 3 heterocycles. The van der Waals surface area contributed by atoms with E-state index >= 15 is 0 Å². The molecule has 0 bridgehead atoms. The molecule has 0 saturated carbocycles. The molecule has 0 spiro atoms. The highest BCUT2D eigenvalue weighted by molar-refractivity contribution is 8.00. The lowest BCUT2D eigenvalue weighted by atomic mass is 10.1. The summed E-state index contributed by atoms with van der Waals surface area (Å²) < 4.78 is 39.6. The maximum absolute atomic E-state index is 13.0. The first-order chi connectivity index (χ1) is 14.8. The fourth-order valence-corrected chi connectivity index (χ4v) is 4.72. The van der Waals surface area contributed by atoms with Gasteiger partial charge in [-0.1, -0.05) is 29.2 Å². The lowest BCUT2D eigenvalue weighted by molar-refractivity contribution is -0.137. The number of alkyl halides is 3. The molecule has 3 aromatic rings. The molecular weight excluding hydrogens is 451 g/mol. The third-order valence-electron chi connectivity index (χ3n) is 4.67. The standard InChI is InChI=1S/C18H18F3N7OS2/c19-18(20,21)11-2-1-3-13(8-11)27-4-6-28(7-5-27)16-23-12(9-14(29)24-16)10-30-17-26-25-15(22)31-17/h1-3,8-9H,4-7,10H2,(H2,22,25)(H,23,24,29). The van der Waals surface area contributed by atoms with Crippen LogP contribution in [0.15, 0.2) is 39.5 Å². The number of thioether (sulfide) groups is 1. The number of anilines is 3. The van der Waals surface area contributed by atoms with Gasteiger partial charge >= 0.3 is 6.18 Å². The van der Waals surface area contributed by atoms with Crippen molar-refractivity contribution in [1.82, 2.24) is 20.2 Å². The normalized spacial score (nSPS) is 14.8. The van der Waals surface area contributed by atoms with Gasteiger partial charge in [-0.2, -0.15) is 13.2 Å². The second-order valence-corrected chi connectivity index (χ2v) is 9.01. The zero-order valence-electron chi connectivity index (χ0n) is 16.1. The number of halogens is 3. The van der Waals surface area contributed by atoms with E-state index in [0.717, 1.165) is 12.1 Å². The SMILES string of the molecule is Nc1nnc(SCc2cc(=O)[nH]c(N3CCN(c4cccc(C(F)(F)F)c4)CC3)n2)s1. The van der Waals surface area contributed by atoms with Gasteiger partial charge in [0.15, 0.2) is 4.34 Å². The molecule has 0 amide bonds. The lowest BCUT2D eigenvalue weighted by Gasteiger charge is -2.36. The summed E-state index contributed by atoms with van der Waals surface area (Å²) in [4.78, 5) is 23.2. The maximum Gasteiger partial charge on any atom is 0.416 e. The highest BCUT2D eigenvalue weighted by atomic mass is 32.2. The van der Waals surface area contributed by atoms with Crippen LogP contribution in [-0.2, 0) is 11.9 Å². The molecule has 0 unspecified atom stereocenters. The molecule has 4 rings (SSSR count). The van der Waals surface area contributed by atoms with E-state index in [0.29, 0.717) is 58.7 Å². The summed E-state index contributed by atoms with van der Waals surface area (Å²) in [7, 11) is 0. The molecule has 0 radical (unpaired) electrons. The summed E-state index contributed by atoms with van der Waals surface area (Å²) in [5.41, 5.74) is 5.76. The number of rotatable bonds is 5. The molecule has 1 fully saturated rings. The van der Waals surface area contributed by atoms with E-state index in [-0.39, 0.29) is 5.56 Å². The quantitative estimate of drug-likeness (QED) is 0.550. The van der Waals surface area contributed by atoms with Crippen LogP contribution in [0, 0.1) is 0 Å². The van der Waals surface area contributed by atoms with Crippen LogP contribution in [0.3, 0.4) is 0 Å². The van der Waals surface area contributed by atoms with Gasteiger partial charge in [-0.3, -0.25) is 9.78 Å². The first-order valence-corrected chi connectivity index (χ1v) is 11.1. The number of hydrogen-bond acceptors (Lipinski definition) is 9. The van der Waals surface area contributed by atoms with Crippen molar-refractivity contribution in [3.8, 4) is 0 Å². The van der Waals surface area contributed by atoms with Gasteiger partial charge < -0.3 is 15.5 Å². The number of aromatic nitrogens is 4. The van der Waals surface area contributed by atoms with E-state index in [1.54, 1.807) is 6.07 Å². The van der Waals surface area contributed by atoms with Gasteiger partial charge in [0.25, 0.3) is 5.56 Å². The van der Waals surface area contributed by atoms with Crippen LogP contribution in [0.25, 0.3) is 0 Å². The smallest absolute Gasteiger partial charge is 0.374 e. The fraction of sp³-hybridized carbons (Fsp3) is 0.333. The van der Waals surface area contributed by atoms with E-state index in [2.05, 4.69) is 20.2 Å². The van der Waals surface area contributed by atoms with E-state index in [9.17, 15) is 18.0 Å². The van der Waals surface area contributed by atoms with Crippen LogP contribution >= 0.6 is 23.1 Å². The number of aromatic amines is 1. The van der Waals surface area contributed by atoms with E-state index < -0.39 is 11.7 Å². The Hall–Kier alpha value is -2.80. The number of H-pyrrole nitrogens is 1. The van der Waals surface area contributed by atoms with Crippen molar-refractivity contribution in [2.45, 2.75) is 16.3 Å². The second-order valence-electron chi connectivity index (χ2n) is 6.78. The average Bonchev–Trinajstić information content (AvgIpc) is 3.17. The number of nitrogens with zero attached hydrogens (tertiary/aromatic N) is 5. The lowest BCUT2D eigenvalue weighted by Crippen LogP contribution is -2.47. The Morgan fingerprint density at radius 1 is 1.13 bits per heavy atom. The molecule has 31 heavy (non-hydrogen) atoms. The summed E-state index contributed by atoms with van der Waals surface area (Å²) in [5, 5.41) is 8.06. The number of benzene rings is 1. The number of nitrogens with two attached hydrogens (primary N) is 1.